The van der Waals surface area contributed by atoms with Crippen LogP contribution < -0.4 is 10.7 Å². The van der Waals surface area contributed by atoms with Crippen molar-refractivity contribution in [2.75, 3.05) is 7.11 Å². The van der Waals surface area contributed by atoms with Crippen molar-refractivity contribution in [3.63, 3.8) is 0 Å². The average molecular weight is 266 g/mol. The summed E-state index contributed by atoms with van der Waals surface area (Å²) in [6.07, 6.45) is 2.69. The first-order valence-electron chi connectivity index (χ1n) is 6.73. The lowest BCUT2D eigenvalue weighted by Crippen LogP contribution is -2.36. The molecule has 0 aromatic carbocycles. The number of methoxy groups -OCH3 is 1. The molecule has 0 unspecified atom stereocenters. The van der Waals surface area contributed by atoms with E-state index in [1.807, 2.05) is 13.8 Å². The van der Waals surface area contributed by atoms with Crippen molar-refractivity contribution in [2.45, 2.75) is 59.2 Å². The summed E-state index contributed by atoms with van der Waals surface area (Å²) in [6.45, 7) is 10.6. The zero-order valence-corrected chi connectivity index (χ0v) is 12.9. The number of rotatable bonds is 6. The standard InChI is InChI=1S/C15H26N2O2/c1-10-8-17-13(12(3)14(10)18)9-16-11(2)7-15(4,5)19-6/h8,11,16H,7,9H2,1-6H3,(H,17,18)/t11-/m1/s1. The van der Waals surface area contributed by atoms with Gasteiger partial charge in [0.25, 0.3) is 0 Å². The van der Waals surface area contributed by atoms with Gasteiger partial charge in [0.2, 0.25) is 0 Å². The molecule has 0 saturated heterocycles. The number of H-pyrrole nitrogens is 1. The second kappa shape index (κ2) is 6.35. The van der Waals surface area contributed by atoms with E-state index in [0.717, 1.165) is 23.2 Å². The SMILES string of the molecule is COC(C)(C)C[C@@H](C)NCc1[nH]cc(C)c(=O)c1C. The first-order valence-corrected chi connectivity index (χ1v) is 6.73. The molecule has 0 aliphatic heterocycles. The van der Waals surface area contributed by atoms with Crippen LogP contribution in [0.1, 0.15) is 44.0 Å². The monoisotopic (exact) mass is 266 g/mol. The molecule has 1 heterocycles. The van der Waals surface area contributed by atoms with Gasteiger partial charge in [-0.15, -0.1) is 0 Å². The molecule has 108 valence electrons. The molecule has 2 N–H and O–H groups in total. The fourth-order valence-corrected chi connectivity index (χ4v) is 2.15. The highest BCUT2D eigenvalue weighted by Crippen LogP contribution is 2.15. The molecule has 0 aliphatic carbocycles. The van der Waals surface area contributed by atoms with E-state index in [1.165, 1.54) is 0 Å². The Morgan fingerprint density at radius 2 is 2.05 bits per heavy atom. The van der Waals surface area contributed by atoms with Gasteiger partial charge in [-0.3, -0.25) is 4.79 Å². The summed E-state index contributed by atoms with van der Waals surface area (Å²) >= 11 is 0. The van der Waals surface area contributed by atoms with E-state index in [0.29, 0.717) is 12.6 Å². The number of aryl methyl sites for hydroxylation is 1. The minimum Gasteiger partial charge on any atom is -0.379 e. The van der Waals surface area contributed by atoms with E-state index in [4.69, 9.17) is 4.74 Å². The van der Waals surface area contributed by atoms with Crippen LogP contribution in [0.5, 0.6) is 0 Å². The average Bonchev–Trinajstić information content (AvgIpc) is 2.34. The lowest BCUT2D eigenvalue weighted by atomic mass is 10.00. The zero-order valence-electron chi connectivity index (χ0n) is 12.9. The molecule has 0 radical (unpaired) electrons. The Morgan fingerprint density at radius 1 is 1.42 bits per heavy atom. The van der Waals surface area contributed by atoms with Gasteiger partial charge in [-0.05, 0) is 41.0 Å². The minimum atomic E-state index is -0.137. The van der Waals surface area contributed by atoms with Crippen LogP contribution in [0.25, 0.3) is 0 Å². The normalized spacial score (nSPS) is 13.6. The Bertz CT molecular complexity index is 478. The molecule has 19 heavy (non-hydrogen) atoms. The molecule has 1 aromatic rings. The van der Waals surface area contributed by atoms with Gasteiger partial charge in [-0.25, -0.2) is 0 Å². The lowest BCUT2D eigenvalue weighted by molar-refractivity contribution is 0.00842. The van der Waals surface area contributed by atoms with Crippen molar-refractivity contribution in [3.8, 4) is 0 Å². The predicted octanol–water partition coefficient (Wildman–Crippen LogP) is 2.28. The Morgan fingerprint density at radius 3 is 2.63 bits per heavy atom. The Balaban J connectivity index is 2.63. The summed E-state index contributed by atoms with van der Waals surface area (Å²) in [5, 5.41) is 3.43. The van der Waals surface area contributed by atoms with E-state index in [2.05, 4.69) is 31.1 Å². The van der Waals surface area contributed by atoms with Crippen LogP contribution in [-0.4, -0.2) is 23.7 Å². The fraction of sp³-hybridized carbons (Fsp3) is 0.667. The van der Waals surface area contributed by atoms with Gasteiger partial charge in [-0.2, -0.15) is 0 Å². The Labute approximate surface area is 115 Å². The van der Waals surface area contributed by atoms with Crippen LogP contribution in [0.2, 0.25) is 0 Å². The summed E-state index contributed by atoms with van der Waals surface area (Å²) in [5.41, 5.74) is 2.50. The van der Waals surface area contributed by atoms with E-state index in [9.17, 15) is 4.79 Å². The molecule has 0 fully saturated rings. The molecule has 0 bridgehead atoms. The highest BCUT2D eigenvalue weighted by Gasteiger charge is 2.20. The zero-order chi connectivity index (χ0) is 14.6. The second-order valence-corrected chi connectivity index (χ2v) is 5.85. The van der Waals surface area contributed by atoms with Gasteiger partial charge in [0, 0.05) is 42.7 Å². The quantitative estimate of drug-likeness (QED) is 0.830. The van der Waals surface area contributed by atoms with Crippen molar-refractivity contribution in [1.29, 1.82) is 0 Å². The van der Waals surface area contributed by atoms with E-state index >= 15 is 0 Å². The molecule has 1 atom stereocenters. The summed E-state index contributed by atoms with van der Waals surface area (Å²) < 4.78 is 5.42. The number of aromatic amines is 1. The third-order valence-electron chi connectivity index (χ3n) is 3.59. The third kappa shape index (κ3) is 4.48. The summed E-state index contributed by atoms with van der Waals surface area (Å²) in [4.78, 5) is 15.0. The van der Waals surface area contributed by atoms with Crippen molar-refractivity contribution >= 4 is 0 Å². The smallest absolute Gasteiger partial charge is 0.187 e. The van der Waals surface area contributed by atoms with Gasteiger partial charge >= 0.3 is 0 Å². The van der Waals surface area contributed by atoms with Gasteiger partial charge in [0.1, 0.15) is 0 Å². The van der Waals surface area contributed by atoms with E-state index in [1.54, 1.807) is 13.3 Å². The largest absolute Gasteiger partial charge is 0.379 e. The van der Waals surface area contributed by atoms with Gasteiger partial charge in [-0.1, -0.05) is 0 Å². The van der Waals surface area contributed by atoms with E-state index in [-0.39, 0.29) is 11.0 Å². The van der Waals surface area contributed by atoms with Crippen LogP contribution in [0.15, 0.2) is 11.0 Å². The molecule has 1 rings (SSSR count). The minimum absolute atomic E-state index is 0.125. The topological polar surface area (TPSA) is 54.1 Å². The molecular formula is C15H26N2O2. The van der Waals surface area contributed by atoms with Gasteiger partial charge in [0.05, 0.1) is 5.60 Å². The molecule has 0 amide bonds. The number of hydrogen-bond donors (Lipinski definition) is 2. The van der Waals surface area contributed by atoms with Gasteiger partial charge < -0.3 is 15.0 Å². The van der Waals surface area contributed by atoms with Crippen LogP contribution in [0.3, 0.4) is 0 Å². The molecule has 4 heteroatoms. The molecule has 0 saturated carbocycles. The molecule has 0 spiro atoms. The number of aromatic nitrogens is 1. The Hall–Kier alpha value is -1.13. The van der Waals surface area contributed by atoms with Crippen LogP contribution in [0, 0.1) is 13.8 Å². The summed E-state index contributed by atoms with van der Waals surface area (Å²) in [7, 11) is 1.73. The number of pyridine rings is 1. The van der Waals surface area contributed by atoms with Crippen molar-refractivity contribution in [1.82, 2.24) is 10.3 Å². The Kier molecular flexibility index (Phi) is 5.32. The first-order chi connectivity index (χ1) is 8.76. The van der Waals surface area contributed by atoms with Crippen LogP contribution >= 0.6 is 0 Å². The number of ether oxygens (including phenoxy) is 1. The maximum absolute atomic E-state index is 11.8. The van der Waals surface area contributed by atoms with Crippen LogP contribution in [0.4, 0.5) is 0 Å². The second-order valence-electron chi connectivity index (χ2n) is 5.85. The van der Waals surface area contributed by atoms with Crippen molar-refractivity contribution < 1.29 is 4.74 Å². The fourth-order valence-electron chi connectivity index (χ4n) is 2.15. The lowest BCUT2D eigenvalue weighted by Gasteiger charge is -2.27. The van der Waals surface area contributed by atoms with Crippen molar-refractivity contribution in [2.24, 2.45) is 0 Å². The maximum Gasteiger partial charge on any atom is 0.187 e. The number of nitrogens with one attached hydrogen (secondary N) is 2. The first kappa shape index (κ1) is 15.9. The molecular weight excluding hydrogens is 240 g/mol. The predicted molar refractivity (Wildman–Crippen MR) is 78.5 cm³/mol. The third-order valence-corrected chi connectivity index (χ3v) is 3.59. The molecule has 4 nitrogen and oxygen atoms in total. The maximum atomic E-state index is 11.8. The van der Waals surface area contributed by atoms with E-state index < -0.39 is 0 Å². The highest BCUT2D eigenvalue weighted by atomic mass is 16.5. The number of hydrogen-bond acceptors (Lipinski definition) is 3. The van der Waals surface area contributed by atoms with Crippen LogP contribution in [-0.2, 0) is 11.3 Å². The molecule has 1 aromatic heterocycles. The summed E-state index contributed by atoms with van der Waals surface area (Å²) in [6, 6.07) is 0.319. The summed E-state index contributed by atoms with van der Waals surface area (Å²) in [5.74, 6) is 0. The molecule has 0 aliphatic rings. The van der Waals surface area contributed by atoms with Gasteiger partial charge in [0.15, 0.2) is 5.43 Å². The van der Waals surface area contributed by atoms with Crippen molar-refractivity contribution in [3.05, 3.63) is 33.2 Å². The highest BCUT2D eigenvalue weighted by molar-refractivity contribution is 5.23.